The molecule has 1 unspecified atom stereocenters. The molecule has 0 saturated heterocycles. The molecule has 0 bridgehead atoms. The summed E-state index contributed by atoms with van der Waals surface area (Å²) in [7, 11) is 0. The Morgan fingerprint density at radius 2 is 2.06 bits per heavy atom. The van der Waals surface area contributed by atoms with Crippen molar-refractivity contribution in [3.05, 3.63) is 83.3 Å². The standard InChI is InChI=1S/C24H20F3N3O4S/c1-4-10-33-23(32)34-21-14(2)30(17-7-5-6-16(12-17)24(25,26)27)22(31)29-20(21)18-9-8-15(13-28)11-19(18)35-3/h4-9,11-12,20H,1,10H2,2-3H3,(H,29,31). The molecule has 2 aromatic carbocycles. The third-order valence-corrected chi connectivity index (χ3v) is 5.84. The van der Waals surface area contributed by atoms with Gasteiger partial charge in [0, 0.05) is 4.90 Å². The van der Waals surface area contributed by atoms with Crippen LogP contribution in [-0.2, 0) is 15.7 Å². The minimum atomic E-state index is -4.62. The molecule has 3 rings (SSSR count). The van der Waals surface area contributed by atoms with Gasteiger partial charge in [0.05, 0.1) is 28.6 Å². The van der Waals surface area contributed by atoms with E-state index >= 15 is 0 Å². The Morgan fingerprint density at radius 1 is 1.31 bits per heavy atom. The molecular weight excluding hydrogens is 483 g/mol. The highest BCUT2D eigenvalue weighted by Crippen LogP contribution is 2.39. The van der Waals surface area contributed by atoms with Gasteiger partial charge in [0.15, 0.2) is 5.76 Å². The first kappa shape index (κ1) is 25.7. The molecule has 2 amide bonds. The van der Waals surface area contributed by atoms with Crippen molar-refractivity contribution in [1.82, 2.24) is 5.32 Å². The van der Waals surface area contributed by atoms with Crippen molar-refractivity contribution in [3.63, 3.8) is 0 Å². The number of carbonyl (C=O) groups excluding carboxylic acids is 2. The van der Waals surface area contributed by atoms with Gasteiger partial charge in [-0.1, -0.05) is 24.8 Å². The van der Waals surface area contributed by atoms with Gasteiger partial charge in [0.25, 0.3) is 0 Å². The third-order valence-electron chi connectivity index (χ3n) is 5.04. The maximum absolute atomic E-state index is 13.3. The maximum atomic E-state index is 13.3. The van der Waals surface area contributed by atoms with E-state index in [2.05, 4.69) is 11.9 Å². The fourth-order valence-electron chi connectivity index (χ4n) is 3.47. The molecule has 35 heavy (non-hydrogen) atoms. The van der Waals surface area contributed by atoms with Gasteiger partial charge in [-0.2, -0.15) is 18.4 Å². The fourth-order valence-corrected chi connectivity index (χ4v) is 4.14. The summed E-state index contributed by atoms with van der Waals surface area (Å²) in [5.74, 6) is -0.0453. The van der Waals surface area contributed by atoms with E-state index in [-0.39, 0.29) is 23.8 Å². The molecule has 182 valence electrons. The molecule has 1 N–H and O–H groups in total. The van der Waals surface area contributed by atoms with Crippen molar-refractivity contribution in [2.24, 2.45) is 0 Å². The first-order valence-corrected chi connectivity index (χ1v) is 11.3. The minimum Gasteiger partial charge on any atom is -0.430 e. The second-order valence-corrected chi connectivity index (χ2v) is 8.08. The molecule has 11 heteroatoms. The zero-order valence-electron chi connectivity index (χ0n) is 18.7. The van der Waals surface area contributed by atoms with Crippen LogP contribution in [0.5, 0.6) is 0 Å². The number of ether oxygens (including phenoxy) is 2. The number of halogens is 3. The van der Waals surface area contributed by atoms with Gasteiger partial charge in [0.2, 0.25) is 0 Å². The summed E-state index contributed by atoms with van der Waals surface area (Å²) in [6.45, 7) is 4.77. The van der Waals surface area contributed by atoms with Gasteiger partial charge in [-0.25, -0.2) is 9.59 Å². The first-order chi connectivity index (χ1) is 16.6. The number of anilines is 1. The van der Waals surface area contributed by atoms with Crippen LogP contribution in [0.3, 0.4) is 0 Å². The number of nitriles is 1. The smallest absolute Gasteiger partial charge is 0.430 e. The predicted molar refractivity (Wildman–Crippen MR) is 123 cm³/mol. The fraction of sp³-hybridized carbons (Fsp3) is 0.208. The van der Waals surface area contributed by atoms with E-state index in [9.17, 15) is 28.0 Å². The number of hydrogen-bond acceptors (Lipinski definition) is 6. The number of allylic oxidation sites excluding steroid dienone is 1. The number of nitrogens with zero attached hydrogens (tertiary/aromatic N) is 2. The van der Waals surface area contributed by atoms with E-state index in [0.29, 0.717) is 16.0 Å². The van der Waals surface area contributed by atoms with Gasteiger partial charge < -0.3 is 14.8 Å². The van der Waals surface area contributed by atoms with E-state index in [1.54, 1.807) is 24.5 Å². The van der Waals surface area contributed by atoms with Crippen LogP contribution < -0.4 is 10.2 Å². The average Bonchev–Trinajstić information content (AvgIpc) is 2.83. The van der Waals surface area contributed by atoms with E-state index < -0.39 is 30.0 Å². The Bertz CT molecular complexity index is 1240. The molecule has 7 nitrogen and oxygen atoms in total. The Morgan fingerprint density at radius 3 is 2.69 bits per heavy atom. The summed E-state index contributed by atoms with van der Waals surface area (Å²) in [5.41, 5.74) is -0.00931. The molecule has 0 aliphatic carbocycles. The predicted octanol–water partition coefficient (Wildman–Crippen LogP) is 6.14. The van der Waals surface area contributed by atoms with Crippen molar-refractivity contribution in [2.75, 3.05) is 17.8 Å². The van der Waals surface area contributed by atoms with Crippen LogP contribution in [0, 0.1) is 11.3 Å². The van der Waals surface area contributed by atoms with E-state index in [1.807, 2.05) is 6.07 Å². The summed E-state index contributed by atoms with van der Waals surface area (Å²) >= 11 is 1.31. The molecule has 1 heterocycles. The van der Waals surface area contributed by atoms with Crippen molar-refractivity contribution in [2.45, 2.75) is 24.0 Å². The lowest BCUT2D eigenvalue weighted by Gasteiger charge is -2.35. The molecule has 0 radical (unpaired) electrons. The number of amides is 2. The number of nitrogens with one attached hydrogen (secondary N) is 1. The normalized spacial score (nSPS) is 15.8. The number of carbonyl (C=O) groups is 2. The lowest BCUT2D eigenvalue weighted by molar-refractivity contribution is -0.137. The highest BCUT2D eigenvalue weighted by atomic mass is 32.2. The van der Waals surface area contributed by atoms with Gasteiger partial charge in [-0.3, -0.25) is 4.90 Å². The van der Waals surface area contributed by atoms with Crippen LogP contribution in [0.1, 0.15) is 29.7 Å². The molecule has 0 saturated carbocycles. The Balaban J connectivity index is 2.15. The van der Waals surface area contributed by atoms with Crippen LogP contribution in [0.15, 0.2) is 71.5 Å². The van der Waals surface area contributed by atoms with E-state index in [4.69, 9.17) is 9.47 Å². The number of thioether (sulfide) groups is 1. The maximum Gasteiger partial charge on any atom is 0.513 e. The monoisotopic (exact) mass is 503 g/mol. The van der Waals surface area contributed by atoms with Crippen LogP contribution in [0.2, 0.25) is 0 Å². The Hall–Kier alpha value is -3.91. The van der Waals surface area contributed by atoms with Crippen molar-refractivity contribution in [1.29, 1.82) is 5.26 Å². The summed E-state index contributed by atoms with van der Waals surface area (Å²) < 4.78 is 50.2. The zero-order valence-corrected chi connectivity index (χ0v) is 19.5. The van der Waals surface area contributed by atoms with Gasteiger partial charge in [-0.15, -0.1) is 11.8 Å². The number of urea groups is 1. The summed E-state index contributed by atoms with van der Waals surface area (Å²) in [5, 5.41) is 11.9. The lowest BCUT2D eigenvalue weighted by atomic mass is 10.00. The SMILES string of the molecule is C=CCOC(=O)OC1=C(C)N(c2cccc(C(F)(F)F)c2)C(=O)NC1c1ccc(C#N)cc1SC. The molecule has 2 aromatic rings. The molecular formula is C24H20F3N3O4S. The van der Waals surface area contributed by atoms with Crippen molar-refractivity contribution in [3.8, 4) is 6.07 Å². The average molecular weight is 504 g/mol. The highest BCUT2D eigenvalue weighted by molar-refractivity contribution is 7.98. The lowest BCUT2D eigenvalue weighted by Crippen LogP contribution is -2.47. The molecule has 1 aliphatic heterocycles. The second-order valence-electron chi connectivity index (χ2n) is 7.24. The van der Waals surface area contributed by atoms with E-state index in [1.165, 1.54) is 36.9 Å². The van der Waals surface area contributed by atoms with Crippen LogP contribution in [0.25, 0.3) is 0 Å². The van der Waals surface area contributed by atoms with E-state index in [0.717, 1.165) is 17.0 Å². The molecule has 0 fully saturated rings. The topological polar surface area (TPSA) is 91.7 Å². The second kappa shape index (κ2) is 10.6. The van der Waals surface area contributed by atoms with Crippen LogP contribution in [-0.4, -0.2) is 25.0 Å². The molecule has 1 atom stereocenters. The van der Waals surface area contributed by atoms with Crippen LogP contribution in [0.4, 0.5) is 28.4 Å². The molecule has 0 spiro atoms. The minimum absolute atomic E-state index is 0.0453. The van der Waals surface area contributed by atoms with Crippen LogP contribution >= 0.6 is 11.8 Å². The highest BCUT2D eigenvalue weighted by Gasteiger charge is 2.38. The summed E-state index contributed by atoms with van der Waals surface area (Å²) in [6, 6.07) is 9.33. The Labute approximate surface area is 203 Å². The number of rotatable bonds is 6. The first-order valence-electron chi connectivity index (χ1n) is 10.1. The Kier molecular flexibility index (Phi) is 7.76. The molecule has 1 aliphatic rings. The number of benzene rings is 2. The molecule has 0 aromatic heterocycles. The van der Waals surface area contributed by atoms with Gasteiger partial charge in [-0.05, 0) is 49.1 Å². The zero-order chi connectivity index (χ0) is 25.8. The largest absolute Gasteiger partial charge is 0.513 e. The van der Waals surface area contributed by atoms with Gasteiger partial charge in [0.1, 0.15) is 12.6 Å². The number of alkyl halides is 3. The quantitative estimate of drug-likeness (QED) is 0.289. The van der Waals surface area contributed by atoms with Gasteiger partial charge >= 0.3 is 18.4 Å². The number of hydrogen-bond donors (Lipinski definition) is 1. The summed E-state index contributed by atoms with van der Waals surface area (Å²) in [6.07, 6.45) is -2.59. The van der Waals surface area contributed by atoms with Crippen molar-refractivity contribution < 1.29 is 32.2 Å². The van der Waals surface area contributed by atoms with Crippen molar-refractivity contribution >= 4 is 29.6 Å². The summed E-state index contributed by atoms with van der Waals surface area (Å²) in [4.78, 5) is 27.1. The third kappa shape index (κ3) is 5.60.